The molecule has 7 N–H and O–H groups in total. The van der Waals surface area contributed by atoms with Gasteiger partial charge in [-0.3, -0.25) is 39.9 Å². The van der Waals surface area contributed by atoms with E-state index >= 15 is 0 Å². The molecule has 5 fully saturated rings. The lowest BCUT2D eigenvalue weighted by molar-refractivity contribution is -0.167. The van der Waals surface area contributed by atoms with Gasteiger partial charge in [-0.2, -0.15) is 28.5 Å². The van der Waals surface area contributed by atoms with Crippen LogP contribution in [0.4, 0.5) is 75.6 Å². The molecule has 0 spiro atoms. The van der Waals surface area contributed by atoms with E-state index in [0.717, 1.165) is 135 Å². The normalized spacial score (nSPS) is 16.6. The van der Waals surface area contributed by atoms with Gasteiger partial charge in [0.2, 0.25) is 0 Å². The largest absolute Gasteiger partial charge is 0.471 e. The molecule has 31 heteroatoms. The fourth-order valence-electron chi connectivity index (χ4n) is 11.7. The predicted molar refractivity (Wildman–Crippen MR) is 382 cm³/mol. The molecular weight excluding hydrogens is 1320 g/mol. The second-order valence-corrected chi connectivity index (χ2v) is 27.6. The smallest absolute Gasteiger partial charge is 0.356 e. The Morgan fingerprint density at radius 3 is 1.34 bits per heavy atom. The zero-order valence-electron chi connectivity index (χ0n) is 53.6. The van der Waals surface area contributed by atoms with Gasteiger partial charge in [-0.25, -0.2) is 34.3 Å². The standard InChI is InChI=1S/C24H25FN8S.C24H26N8S.C19H18F3N7OS.4H2/c1-15-9-22(31-30-15)27-21-11-23(33-13-18(14-33)32-8-6-17(25)12-32)29-24(28-21)34-19-4-5-20-16(10-19)3-2-7-26-20;1-16-11-22(30-29-16)26-21-13-23(32-14-18(15-32)31-9-2-3-10-31)28-24(27-21)33-19-6-7-20-17(12-19)5-4-8-25-20;1-11-9-15(28-27-11)24-14-10-16(29-7-2-8-29)26-18(25-14)31-13-5-3-12(4-6-13)23-17(30)19(20,21)22;;;;/h2-5,7,9-11,17-18H,6,8,12-14H2,1H3,(H2,27,28,29,30,31);4-8,11-13,18H,2-3,9-10,14-15H2,1H3,(H2,26,27,28,29,30);3-6,9-10H,2,7-8H2,1H3,(H,23,30)(H2,24,25,26,27,28);4*1H/t17-;;;;;;/m0....../s1. The highest BCUT2D eigenvalue weighted by atomic mass is 32.2. The number of aromatic nitrogens is 14. The summed E-state index contributed by atoms with van der Waals surface area (Å²) in [5, 5.41) is 37.2. The van der Waals surface area contributed by atoms with Crippen molar-refractivity contribution in [3.8, 4) is 0 Å². The van der Waals surface area contributed by atoms with Gasteiger partial charge in [0.15, 0.2) is 32.9 Å². The van der Waals surface area contributed by atoms with Gasteiger partial charge in [0, 0.05) is 167 Å². The highest BCUT2D eigenvalue weighted by Crippen LogP contribution is 2.37. The van der Waals surface area contributed by atoms with Gasteiger partial charge in [0.05, 0.1) is 11.0 Å². The lowest BCUT2D eigenvalue weighted by Crippen LogP contribution is -2.59. The molecule has 16 rings (SSSR count). The highest BCUT2D eigenvalue weighted by molar-refractivity contribution is 7.99. The number of rotatable bonds is 18. The van der Waals surface area contributed by atoms with Crippen molar-refractivity contribution in [2.24, 2.45) is 0 Å². The maximum absolute atomic E-state index is 13.6. The van der Waals surface area contributed by atoms with Crippen molar-refractivity contribution in [2.45, 2.75) is 101 Å². The van der Waals surface area contributed by atoms with E-state index < -0.39 is 18.3 Å². The van der Waals surface area contributed by atoms with Crippen LogP contribution in [-0.4, -0.2) is 176 Å². The fraction of sp³-hybridized carbons (Fsp3) is 0.313. The molecule has 0 aliphatic carbocycles. The third-order valence-electron chi connectivity index (χ3n) is 17.0. The molecule has 5 aliphatic rings. The Hall–Kier alpha value is -9.69. The van der Waals surface area contributed by atoms with Crippen LogP contribution in [0.25, 0.3) is 21.8 Å². The number of anilines is 10. The number of carbonyl (C=O) groups excluding carboxylic acids is 1. The van der Waals surface area contributed by atoms with E-state index in [4.69, 9.17) is 19.9 Å². The summed E-state index contributed by atoms with van der Waals surface area (Å²) in [4.78, 5) is 62.7. The van der Waals surface area contributed by atoms with Crippen molar-refractivity contribution in [1.29, 1.82) is 0 Å². The minimum absolute atomic E-state index is 0. The molecule has 24 nitrogen and oxygen atoms in total. The number of aryl methyl sites for hydroxylation is 3. The summed E-state index contributed by atoms with van der Waals surface area (Å²) in [6.45, 7) is 15.2. The van der Waals surface area contributed by atoms with Crippen molar-refractivity contribution in [3.05, 3.63) is 151 Å². The van der Waals surface area contributed by atoms with Crippen LogP contribution in [0.5, 0.6) is 0 Å². The van der Waals surface area contributed by atoms with Crippen LogP contribution in [0.3, 0.4) is 0 Å². The van der Waals surface area contributed by atoms with Crippen LogP contribution in [0.15, 0.2) is 164 Å². The summed E-state index contributed by atoms with van der Waals surface area (Å²) in [5.74, 6) is 4.71. The van der Waals surface area contributed by atoms with Crippen LogP contribution in [0.2, 0.25) is 0 Å². The molecule has 3 aromatic carbocycles. The number of aromatic amines is 3. The van der Waals surface area contributed by atoms with Gasteiger partial charge in [-0.05, 0) is 168 Å². The summed E-state index contributed by atoms with van der Waals surface area (Å²) in [6, 6.07) is 39.1. The Bertz CT molecular complexity index is 4620. The SMILES string of the molecule is Cc1cc(Nc2cc(N3CC(N4CCCC4)C3)nc(Sc3ccc4ncccc4c3)n2)n[nH]1.Cc1cc(Nc2cc(N3CC(N4CC[C@H](F)C4)C3)nc(Sc3ccc4ncccc4c3)n2)n[nH]1.Cc1cc(Nc2cc(N3CCC3)nc(Sc3ccc(NC(=O)C(F)(F)F)cc3)n2)n[nH]1.[HH].[HH].[HH].[HH]. The van der Waals surface area contributed by atoms with Crippen LogP contribution in [0, 0.1) is 20.8 Å². The van der Waals surface area contributed by atoms with Crippen molar-refractivity contribution in [2.75, 3.05) is 101 Å². The molecule has 5 saturated heterocycles. The Balaban J connectivity index is 0.000000162. The Kier molecular flexibility index (Phi) is 19.5. The molecule has 11 aromatic rings. The van der Waals surface area contributed by atoms with E-state index in [1.807, 2.05) is 99.0 Å². The number of H-pyrrole nitrogens is 3. The van der Waals surface area contributed by atoms with Crippen LogP contribution < -0.4 is 36.0 Å². The van der Waals surface area contributed by atoms with E-state index in [9.17, 15) is 22.4 Å². The van der Waals surface area contributed by atoms with E-state index in [-0.39, 0.29) is 11.4 Å². The Labute approximate surface area is 579 Å². The zero-order valence-corrected chi connectivity index (χ0v) is 56.1. The van der Waals surface area contributed by atoms with E-state index in [0.29, 0.717) is 63.5 Å². The van der Waals surface area contributed by atoms with Crippen LogP contribution >= 0.6 is 35.3 Å². The molecule has 1 atom stereocenters. The maximum Gasteiger partial charge on any atom is 0.471 e. The Morgan fingerprint density at radius 2 is 0.929 bits per heavy atom. The molecule has 1 amide bonds. The predicted octanol–water partition coefficient (Wildman–Crippen LogP) is 13.5. The average Bonchev–Trinajstić information content (AvgIpc) is 1.25. The van der Waals surface area contributed by atoms with Crippen molar-refractivity contribution in [1.82, 2.24) is 80.3 Å². The number of fused-ring (bicyclic) bond motifs is 2. The topological polar surface area (TPSA) is 271 Å². The number of likely N-dealkylation sites (tertiary alicyclic amines) is 2. The number of benzene rings is 3. The lowest BCUT2D eigenvalue weighted by atomic mass is 10.1. The van der Waals surface area contributed by atoms with Gasteiger partial charge in [-0.1, -0.05) is 12.1 Å². The quantitative estimate of drug-likeness (QED) is 0.0311. The third kappa shape index (κ3) is 16.5. The number of pyridine rings is 2. The van der Waals surface area contributed by atoms with Crippen LogP contribution in [0.1, 0.15) is 48.5 Å². The highest BCUT2D eigenvalue weighted by Gasteiger charge is 2.39. The van der Waals surface area contributed by atoms with Gasteiger partial charge >= 0.3 is 12.1 Å². The van der Waals surface area contributed by atoms with Crippen molar-refractivity contribution in [3.63, 3.8) is 0 Å². The summed E-state index contributed by atoms with van der Waals surface area (Å²) >= 11 is 4.35. The number of alkyl halides is 4. The maximum atomic E-state index is 13.6. The first-order valence-corrected chi connectivity index (χ1v) is 34.6. The monoisotopic (exact) mass is 1390 g/mol. The lowest BCUT2D eigenvalue weighted by Gasteiger charge is -2.44. The zero-order chi connectivity index (χ0) is 67.3. The summed E-state index contributed by atoms with van der Waals surface area (Å²) < 4.78 is 50.8. The molecule has 0 unspecified atom stereocenters. The van der Waals surface area contributed by atoms with Gasteiger partial charge in [0.25, 0.3) is 0 Å². The van der Waals surface area contributed by atoms with Gasteiger partial charge in [0.1, 0.15) is 41.1 Å². The van der Waals surface area contributed by atoms with E-state index in [1.165, 1.54) is 61.6 Å². The fourth-order valence-corrected chi connectivity index (χ4v) is 14.1. The summed E-state index contributed by atoms with van der Waals surface area (Å²) in [5.41, 5.74) is 4.88. The minimum atomic E-state index is -4.94. The molecule has 98 heavy (non-hydrogen) atoms. The van der Waals surface area contributed by atoms with E-state index in [1.54, 1.807) is 30.1 Å². The first-order chi connectivity index (χ1) is 47.5. The second-order valence-electron chi connectivity index (χ2n) is 24.4. The second kappa shape index (κ2) is 29.2. The molecule has 512 valence electrons. The van der Waals surface area contributed by atoms with Gasteiger partial charge in [-0.15, -0.1) is 0 Å². The number of carbonyl (C=O) groups is 1. The molecular formula is C67H77F4N23OS3. The molecule has 0 radical (unpaired) electrons. The van der Waals surface area contributed by atoms with Gasteiger partial charge < -0.3 is 36.0 Å². The first kappa shape index (κ1) is 65.6. The van der Waals surface area contributed by atoms with Crippen LogP contribution in [-0.2, 0) is 4.79 Å². The number of nitrogens with one attached hydrogen (secondary N) is 7. The summed E-state index contributed by atoms with van der Waals surface area (Å²) in [7, 11) is 0. The Morgan fingerprint density at radius 1 is 0.490 bits per heavy atom. The first-order valence-electron chi connectivity index (χ1n) is 32.2. The number of hydrogen-bond donors (Lipinski definition) is 7. The van der Waals surface area contributed by atoms with Crippen molar-refractivity contribution < 1.29 is 28.1 Å². The number of halogens is 4. The minimum Gasteiger partial charge on any atom is -0.356 e. The molecule has 5 aliphatic heterocycles. The molecule has 0 bridgehead atoms. The average molecular weight is 1390 g/mol. The van der Waals surface area contributed by atoms with E-state index in [2.05, 4.69) is 121 Å². The third-order valence-corrected chi connectivity index (χ3v) is 19.6. The summed E-state index contributed by atoms with van der Waals surface area (Å²) in [6.07, 6.45) is 2.37. The number of nitrogens with zero attached hydrogens (tertiary/aromatic N) is 16. The number of amides is 1. The number of hydrogen-bond acceptors (Lipinski definition) is 23. The van der Waals surface area contributed by atoms with Crippen molar-refractivity contribution >= 4 is 121 Å². The molecule has 13 heterocycles. The molecule has 0 saturated carbocycles. The molecule has 8 aromatic heterocycles.